The van der Waals surface area contributed by atoms with E-state index in [1.807, 2.05) is 24.3 Å². The molecule has 0 unspecified atom stereocenters. The minimum atomic E-state index is -0.0398. The van der Waals surface area contributed by atoms with Gasteiger partial charge in [-0.25, -0.2) is 9.97 Å². The summed E-state index contributed by atoms with van der Waals surface area (Å²) in [4.78, 5) is 8.85. The fourth-order valence-corrected chi connectivity index (χ4v) is 1.93. The molecule has 0 amide bonds. The molecule has 1 N–H and O–H groups in total. The number of nitrogens with one attached hydrogen (secondary N) is 1. The van der Waals surface area contributed by atoms with Gasteiger partial charge in [0, 0.05) is 10.9 Å². The summed E-state index contributed by atoms with van der Waals surface area (Å²) >= 11 is 3.46. The van der Waals surface area contributed by atoms with Gasteiger partial charge >= 0.3 is 0 Å². The fraction of sp³-hybridized carbons (Fsp3) is 0.333. The number of para-hydroxylation sites is 1. The number of hydrogen-bond acceptors (Lipinski definition) is 3. The molecule has 0 saturated heterocycles. The monoisotopic (exact) mass is 279 g/mol. The first-order chi connectivity index (χ1) is 7.46. The van der Waals surface area contributed by atoms with Crippen LogP contribution in [-0.4, -0.2) is 15.5 Å². The molecule has 0 saturated carbocycles. The van der Waals surface area contributed by atoms with E-state index in [1.54, 1.807) is 0 Å². The van der Waals surface area contributed by atoms with Gasteiger partial charge in [-0.3, -0.25) is 0 Å². The van der Waals surface area contributed by atoms with Crippen molar-refractivity contribution >= 4 is 32.8 Å². The van der Waals surface area contributed by atoms with Gasteiger partial charge in [-0.2, -0.15) is 0 Å². The van der Waals surface area contributed by atoms with Gasteiger partial charge in [-0.15, -0.1) is 0 Å². The molecule has 0 radical (unpaired) electrons. The molecule has 0 aliphatic heterocycles. The molecular weight excluding hydrogens is 266 g/mol. The average Bonchev–Trinajstić information content (AvgIpc) is 2.15. The molecule has 1 aromatic heterocycles. The summed E-state index contributed by atoms with van der Waals surface area (Å²) in [6.45, 7) is 6.25. The average molecular weight is 280 g/mol. The molecule has 1 heterocycles. The summed E-state index contributed by atoms with van der Waals surface area (Å²) in [7, 11) is 0. The summed E-state index contributed by atoms with van der Waals surface area (Å²) in [6, 6.07) is 7.94. The van der Waals surface area contributed by atoms with Crippen molar-refractivity contribution in [1.82, 2.24) is 9.97 Å². The Kier molecular flexibility index (Phi) is 2.84. The van der Waals surface area contributed by atoms with Crippen molar-refractivity contribution in [2.24, 2.45) is 0 Å². The van der Waals surface area contributed by atoms with E-state index in [0.717, 1.165) is 15.5 Å². The summed E-state index contributed by atoms with van der Waals surface area (Å²) < 4.78 is 0.824. The van der Waals surface area contributed by atoms with Gasteiger partial charge < -0.3 is 5.32 Å². The van der Waals surface area contributed by atoms with E-state index < -0.39 is 0 Å². The third kappa shape index (κ3) is 2.50. The molecule has 3 nitrogen and oxygen atoms in total. The molecular formula is C12H14BrN3. The molecule has 0 atom stereocenters. The first-order valence-corrected chi connectivity index (χ1v) is 5.95. The van der Waals surface area contributed by atoms with Gasteiger partial charge in [0.15, 0.2) is 0 Å². The summed E-state index contributed by atoms with van der Waals surface area (Å²) in [5, 5.41) is 4.29. The molecule has 2 aromatic rings. The zero-order chi connectivity index (χ0) is 11.8. The quantitative estimate of drug-likeness (QED) is 0.811. The van der Waals surface area contributed by atoms with Crippen molar-refractivity contribution in [3.63, 3.8) is 0 Å². The topological polar surface area (TPSA) is 37.8 Å². The molecule has 2 rings (SSSR count). The first kappa shape index (κ1) is 11.3. The predicted octanol–water partition coefficient (Wildman–Crippen LogP) is 3.60. The zero-order valence-corrected chi connectivity index (χ0v) is 11.2. The lowest BCUT2D eigenvalue weighted by atomic mass is 10.1. The SMILES string of the molecule is CC(C)(C)Nc1nc(Br)c2ccccc2n1. The summed E-state index contributed by atoms with van der Waals surface area (Å²) in [5.41, 5.74) is 0.901. The third-order valence-corrected chi connectivity index (χ3v) is 2.65. The fourth-order valence-electron chi connectivity index (χ4n) is 1.43. The number of fused-ring (bicyclic) bond motifs is 1. The van der Waals surface area contributed by atoms with Crippen LogP contribution in [0.4, 0.5) is 5.95 Å². The lowest BCUT2D eigenvalue weighted by Gasteiger charge is -2.20. The number of halogens is 1. The number of hydrogen-bond donors (Lipinski definition) is 1. The van der Waals surface area contributed by atoms with Gasteiger partial charge in [-0.1, -0.05) is 18.2 Å². The lowest BCUT2D eigenvalue weighted by molar-refractivity contribution is 0.626. The van der Waals surface area contributed by atoms with Crippen LogP contribution in [0.2, 0.25) is 0 Å². The van der Waals surface area contributed by atoms with Crippen molar-refractivity contribution in [2.45, 2.75) is 26.3 Å². The molecule has 0 spiro atoms. The van der Waals surface area contributed by atoms with Crippen LogP contribution < -0.4 is 5.32 Å². The van der Waals surface area contributed by atoms with Gasteiger partial charge in [-0.05, 0) is 42.8 Å². The maximum atomic E-state index is 4.47. The van der Waals surface area contributed by atoms with Crippen molar-refractivity contribution in [2.75, 3.05) is 5.32 Å². The van der Waals surface area contributed by atoms with Crippen LogP contribution in [0.1, 0.15) is 20.8 Å². The van der Waals surface area contributed by atoms with Gasteiger partial charge in [0.1, 0.15) is 4.60 Å². The second-order valence-corrected chi connectivity index (χ2v) is 5.48. The maximum Gasteiger partial charge on any atom is 0.224 e. The highest BCUT2D eigenvalue weighted by atomic mass is 79.9. The van der Waals surface area contributed by atoms with Crippen molar-refractivity contribution in [3.05, 3.63) is 28.9 Å². The predicted molar refractivity (Wildman–Crippen MR) is 70.6 cm³/mol. The Hall–Kier alpha value is -1.16. The van der Waals surface area contributed by atoms with E-state index in [2.05, 4.69) is 52.0 Å². The molecule has 0 fully saturated rings. The van der Waals surface area contributed by atoms with E-state index in [9.17, 15) is 0 Å². The molecule has 84 valence electrons. The Morgan fingerprint density at radius 2 is 1.81 bits per heavy atom. The Morgan fingerprint density at radius 3 is 2.50 bits per heavy atom. The van der Waals surface area contributed by atoms with E-state index in [1.165, 1.54) is 0 Å². The highest BCUT2D eigenvalue weighted by molar-refractivity contribution is 9.10. The molecule has 0 aliphatic carbocycles. The normalized spacial score (nSPS) is 11.8. The van der Waals surface area contributed by atoms with Crippen molar-refractivity contribution in [3.8, 4) is 0 Å². The highest BCUT2D eigenvalue weighted by Crippen LogP contribution is 2.23. The maximum absolute atomic E-state index is 4.47. The van der Waals surface area contributed by atoms with E-state index in [0.29, 0.717) is 5.95 Å². The molecule has 4 heteroatoms. The van der Waals surface area contributed by atoms with Crippen LogP contribution in [0.15, 0.2) is 28.9 Å². The van der Waals surface area contributed by atoms with E-state index in [4.69, 9.17) is 0 Å². The number of anilines is 1. The Labute approximate surface area is 103 Å². The van der Waals surface area contributed by atoms with Crippen LogP contribution in [0.25, 0.3) is 10.9 Å². The minimum absolute atomic E-state index is 0.0398. The summed E-state index contributed by atoms with van der Waals surface area (Å²) in [5.74, 6) is 0.651. The second kappa shape index (κ2) is 4.01. The largest absolute Gasteiger partial charge is 0.350 e. The van der Waals surface area contributed by atoms with Gasteiger partial charge in [0.25, 0.3) is 0 Å². The minimum Gasteiger partial charge on any atom is -0.350 e. The van der Waals surface area contributed by atoms with E-state index in [-0.39, 0.29) is 5.54 Å². The van der Waals surface area contributed by atoms with Crippen LogP contribution in [-0.2, 0) is 0 Å². The van der Waals surface area contributed by atoms with Crippen LogP contribution in [0.3, 0.4) is 0 Å². The number of rotatable bonds is 1. The van der Waals surface area contributed by atoms with E-state index >= 15 is 0 Å². The molecule has 16 heavy (non-hydrogen) atoms. The van der Waals surface area contributed by atoms with Crippen LogP contribution in [0.5, 0.6) is 0 Å². The smallest absolute Gasteiger partial charge is 0.224 e. The number of nitrogens with zero attached hydrogens (tertiary/aromatic N) is 2. The van der Waals surface area contributed by atoms with Gasteiger partial charge in [0.05, 0.1) is 5.52 Å². The number of aromatic nitrogens is 2. The zero-order valence-electron chi connectivity index (χ0n) is 9.58. The van der Waals surface area contributed by atoms with Crippen molar-refractivity contribution < 1.29 is 0 Å². The number of benzene rings is 1. The molecule has 0 aliphatic rings. The third-order valence-electron chi connectivity index (χ3n) is 2.04. The summed E-state index contributed by atoms with van der Waals surface area (Å²) in [6.07, 6.45) is 0. The first-order valence-electron chi connectivity index (χ1n) is 5.16. The second-order valence-electron chi connectivity index (χ2n) is 4.73. The standard InChI is InChI=1S/C12H14BrN3/c1-12(2,3)16-11-14-9-7-5-4-6-8(9)10(13)15-11/h4-7H,1-3H3,(H,14,15,16). The molecule has 0 bridgehead atoms. The van der Waals surface area contributed by atoms with Crippen LogP contribution >= 0.6 is 15.9 Å². The highest BCUT2D eigenvalue weighted by Gasteiger charge is 2.12. The van der Waals surface area contributed by atoms with Crippen LogP contribution in [0, 0.1) is 0 Å². The lowest BCUT2D eigenvalue weighted by Crippen LogP contribution is -2.27. The Morgan fingerprint density at radius 1 is 1.12 bits per heavy atom. The van der Waals surface area contributed by atoms with Gasteiger partial charge in [0.2, 0.25) is 5.95 Å². The Bertz CT molecular complexity index is 517. The Balaban J connectivity index is 2.50. The molecule has 1 aromatic carbocycles. The van der Waals surface area contributed by atoms with Crippen molar-refractivity contribution in [1.29, 1.82) is 0 Å².